The van der Waals surface area contributed by atoms with Gasteiger partial charge in [-0.3, -0.25) is 4.79 Å². The van der Waals surface area contributed by atoms with Crippen molar-refractivity contribution in [1.82, 2.24) is 5.32 Å². The summed E-state index contributed by atoms with van der Waals surface area (Å²) >= 11 is 12.0. The van der Waals surface area contributed by atoms with Crippen LogP contribution in [0.1, 0.15) is 39.7 Å². The number of halogens is 2. The fourth-order valence-electron chi connectivity index (χ4n) is 2.81. The lowest BCUT2D eigenvalue weighted by atomic mass is 9.89. The van der Waals surface area contributed by atoms with E-state index in [1.165, 1.54) is 0 Å². The molecule has 0 radical (unpaired) electrons. The van der Waals surface area contributed by atoms with Crippen LogP contribution in [0.15, 0.2) is 18.2 Å². The number of alkyl carbamates (subject to hydrolysis) is 1. The molecule has 4 nitrogen and oxygen atoms in total. The van der Waals surface area contributed by atoms with Crippen LogP contribution in [0, 0.1) is 5.92 Å². The molecular weight excluding hydrogens is 337 g/mol. The van der Waals surface area contributed by atoms with E-state index in [-0.39, 0.29) is 23.8 Å². The molecule has 0 aromatic heterocycles. The number of Topliss-reactive ketones (excluding diaryl/α,β-unsaturated/α-hetero) is 1. The van der Waals surface area contributed by atoms with Crippen molar-refractivity contribution in [2.75, 3.05) is 6.61 Å². The number of ketones is 1. The maximum absolute atomic E-state index is 12.2. The van der Waals surface area contributed by atoms with Gasteiger partial charge in [-0.2, -0.15) is 0 Å². The molecule has 0 aliphatic heterocycles. The second-order valence-electron chi connectivity index (χ2n) is 7.03. The Morgan fingerprint density at radius 2 is 1.96 bits per heavy atom. The lowest BCUT2D eigenvalue weighted by molar-refractivity contribution is -0.119. The molecule has 2 atom stereocenters. The Hall–Kier alpha value is -1.26. The minimum Gasteiger partial charge on any atom is -0.449 e. The van der Waals surface area contributed by atoms with E-state index in [1.54, 1.807) is 19.1 Å². The van der Waals surface area contributed by atoms with Crippen LogP contribution in [0.2, 0.25) is 10.0 Å². The number of amides is 1. The molecule has 0 saturated heterocycles. The minimum absolute atomic E-state index is 0.0389. The van der Waals surface area contributed by atoms with Crippen molar-refractivity contribution in [3.8, 4) is 0 Å². The largest absolute Gasteiger partial charge is 0.449 e. The Bertz CT molecular complexity index is 639. The smallest absolute Gasteiger partial charge is 0.407 e. The van der Waals surface area contributed by atoms with Crippen molar-refractivity contribution in [1.29, 1.82) is 0 Å². The zero-order valence-electron chi connectivity index (χ0n) is 13.7. The lowest BCUT2D eigenvalue weighted by Crippen LogP contribution is -2.41. The molecular formula is C17H21Cl2NO3. The molecule has 1 N–H and O–H groups in total. The van der Waals surface area contributed by atoms with Crippen molar-refractivity contribution in [3.63, 3.8) is 0 Å². The van der Waals surface area contributed by atoms with Gasteiger partial charge in [0.15, 0.2) is 0 Å². The van der Waals surface area contributed by atoms with Gasteiger partial charge in [-0.05, 0) is 51.8 Å². The lowest BCUT2D eigenvalue weighted by Gasteiger charge is -2.20. The predicted octanol–water partition coefficient (Wildman–Crippen LogP) is 4.36. The van der Waals surface area contributed by atoms with E-state index in [0.717, 1.165) is 5.56 Å². The summed E-state index contributed by atoms with van der Waals surface area (Å²) in [6.07, 6.45) is 0.166. The van der Waals surface area contributed by atoms with Gasteiger partial charge in [0.25, 0.3) is 0 Å². The van der Waals surface area contributed by atoms with Gasteiger partial charge in [0.2, 0.25) is 0 Å². The maximum Gasteiger partial charge on any atom is 0.407 e. The average Bonchev–Trinajstić information content (AvgIpc) is 3.13. The molecule has 6 heteroatoms. The summed E-state index contributed by atoms with van der Waals surface area (Å²) < 4.78 is 5.26. The van der Waals surface area contributed by atoms with E-state index in [9.17, 15) is 9.59 Å². The van der Waals surface area contributed by atoms with Crippen LogP contribution >= 0.6 is 23.2 Å². The van der Waals surface area contributed by atoms with Crippen molar-refractivity contribution in [3.05, 3.63) is 33.8 Å². The second kappa shape index (κ2) is 6.33. The van der Waals surface area contributed by atoms with Crippen LogP contribution < -0.4 is 5.32 Å². The fourth-order valence-corrected chi connectivity index (χ4v) is 3.11. The number of hydrogen-bond donors (Lipinski definition) is 1. The third-order valence-electron chi connectivity index (χ3n) is 4.06. The first-order chi connectivity index (χ1) is 10.6. The third-order valence-corrected chi connectivity index (χ3v) is 4.80. The van der Waals surface area contributed by atoms with Gasteiger partial charge < -0.3 is 10.1 Å². The molecule has 2 unspecified atom stereocenters. The van der Waals surface area contributed by atoms with Gasteiger partial charge in [0.1, 0.15) is 5.78 Å². The summed E-state index contributed by atoms with van der Waals surface area (Å²) in [7, 11) is 0. The molecule has 0 heterocycles. The summed E-state index contributed by atoms with van der Waals surface area (Å²) in [6.45, 7) is 7.38. The zero-order chi connectivity index (χ0) is 17.4. The number of nitrogens with one attached hydrogen (secondary N) is 1. The summed E-state index contributed by atoms with van der Waals surface area (Å²) in [6, 6.07) is 5.22. The molecule has 2 rings (SSSR count). The highest BCUT2D eigenvalue weighted by Gasteiger charge is 2.59. The molecule has 1 aromatic carbocycles. The molecule has 23 heavy (non-hydrogen) atoms. The molecule has 1 aromatic rings. The summed E-state index contributed by atoms with van der Waals surface area (Å²) in [4.78, 5) is 23.9. The first kappa shape index (κ1) is 18.1. The molecule has 0 bridgehead atoms. The molecule has 126 valence electrons. The van der Waals surface area contributed by atoms with Crippen LogP contribution in [0.3, 0.4) is 0 Å². The second-order valence-corrected chi connectivity index (χ2v) is 7.85. The highest BCUT2D eigenvalue weighted by molar-refractivity contribution is 6.42. The number of carbonyl (C=O) groups is 2. The normalized spacial score (nSPS) is 23.3. The van der Waals surface area contributed by atoms with Gasteiger partial charge >= 0.3 is 6.09 Å². The Labute approximate surface area is 146 Å². The third kappa shape index (κ3) is 3.99. The Kier molecular flexibility index (Phi) is 4.97. The molecule has 1 aliphatic rings. The quantitative estimate of drug-likeness (QED) is 0.870. The predicted molar refractivity (Wildman–Crippen MR) is 91.2 cm³/mol. The SMILES string of the molecule is CC(=O)C1(c2ccc(Cl)c(Cl)c2)CC1COC(=O)NC(C)(C)C. The standard InChI is InChI=1S/C17H21Cl2NO3/c1-10(21)17(11-5-6-13(18)14(19)7-11)8-12(17)9-23-15(22)20-16(2,3)4/h5-7,12H,8-9H2,1-4H3,(H,20,22). The Morgan fingerprint density at radius 1 is 1.30 bits per heavy atom. The summed E-state index contributed by atoms with van der Waals surface area (Å²) in [5.41, 5.74) is -0.164. The first-order valence-corrected chi connectivity index (χ1v) is 8.23. The van der Waals surface area contributed by atoms with Crippen LogP contribution in [-0.4, -0.2) is 24.0 Å². The number of carbonyl (C=O) groups excluding carboxylic acids is 2. The van der Waals surface area contributed by atoms with Crippen LogP contribution in [0.5, 0.6) is 0 Å². The first-order valence-electron chi connectivity index (χ1n) is 7.48. The summed E-state index contributed by atoms with van der Waals surface area (Å²) in [5, 5.41) is 3.60. The zero-order valence-corrected chi connectivity index (χ0v) is 15.2. The van der Waals surface area contributed by atoms with Gasteiger partial charge in [-0.1, -0.05) is 29.3 Å². The van der Waals surface area contributed by atoms with Gasteiger partial charge in [0, 0.05) is 11.5 Å². The molecule has 1 aliphatic carbocycles. The van der Waals surface area contributed by atoms with E-state index in [4.69, 9.17) is 27.9 Å². The number of benzene rings is 1. The maximum atomic E-state index is 12.2. The molecule has 1 fully saturated rings. The van der Waals surface area contributed by atoms with E-state index < -0.39 is 11.5 Å². The van der Waals surface area contributed by atoms with Crippen molar-refractivity contribution in [2.45, 2.75) is 45.1 Å². The molecule has 0 spiro atoms. The van der Waals surface area contributed by atoms with Gasteiger partial charge in [-0.15, -0.1) is 0 Å². The fraction of sp³-hybridized carbons (Fsp3) is 0.529. The Morgan fingerprint density at radius 3 is 2.48 bits per heavy atom. The highest BCUT2D eigenvalue weighted by atomic mass is 35.5. The topological polar surface area (TPSA) is 55.4 Å². The van der Waals surface area contributed by atoms with E-state index in [0.29, 0.717) is 16.5 Å². The molecule has 1 saturated carbocycles. The molecule has 1 amide bonds. The number of hydrogen-bond acceptors (Lipinski definition) is 3. The number of ether oxygens (including phenoxy) is 1. The van der Waals surface area contributed by atoms with Crippen molar-refractivity contribution in [2.24, 2.45) is 5.92 Å². The van der Waals surface area contributed by atoms with E-state index in [1.807, 2.05) is 26.8 Å². The average molecular weight is 358 g/mol. The van der Waals surface area contributed by atoms with Crippen molar-refractivity contribution >= 4 is 35.1 Å². The van der Waals surface area contributed by atoms with Crippen LogP contribution in [0.25, 0.3) is 0 Å². The summed E-state index contributed by atoms with van der Waals surface area (Å²) in [5.74, 6) is 0.00341. The van der Waals surface area contributed by atoms with E-state index >= 15 is 0 Å². The van der Waals surface area contributed by atoms with Crippen LogP contribution in [0.4, 0.5) is 4.79 Å². The van der Waals surface area contributed by atoms with Crippen molar-refractivity contribution < 1.29 is 14.3 Å². The monoisotopic (exact) mass is 357 g/mol. The van der Waals surface area contributed by atoms with E-state index in [2.05, 4.69) is 5.32 Å². The number of rotatable bonds is 4. The Balaban J connectivity index is 2.07. The highest BCUT2D eigenvalue weighted by Crippen LogP contribution is 2.55. The minimum atomic E-state index is -0.629. The van der Waals surface area contributed by atoms with Crippen LogP contribution in [-0.2, 0) is 14.9 Å². The van der Waals surface area contributed by atoms with Gasteiger partial charge in [-0.25, -0.2) is 4.79 Å². The van der Waals surface area contributed by atoms with Gasteiger partial charge in [0.05, 0.1) is 22.1 Å².